The maximum absolute atomic E-state index is 15.0. The molecule has 1 N–H and O–H groups in total. The Hall–Kier alpha value is -4.03. The van der Waals surface area contributed by atoms with Gasteiger partial charge in [0.1, 0.15) is 18.8 Å². The number of carbonyl (C=O) groups is 4. The first-order valence-corrected chi connectivity index (χ1v) is 13.9. The van der Waals surface area contributed by atoms with Crippen molar-refractivity contribution in [3.63, 3.8) is 0 Å². The van der Waals surface area contributed by atoms with Crippen LogP contribution in [0.4, 0.5) is 22.4 Å². The normalized spacial score (nSPS) is 23.1. The van der Waals surface area contributed by atoms with Crippen LogP contribution in [-0.2, 0) is 14.4 Å². The molecule has 3 atom stereocenters. The van der Waals surface area contributed by atoms with Crippen LogP contribution in [0.3, 0.4) is 0 Å². The number of pyridine rings is 1. The molecule has 3 heterocycles. The lowest BCUT2D eigenvalue weighted by Gasteiger charge is -2.35. The van der Waals surface area contributed by atoms with E-state index in [2.05, 4.69) is 10.3 Å². The number of aromatic nitrogens is 1. The van der Waals surface area contributed by atoms with Crippen molar-refractivity contribution in [2.24, 2.45) is 0 Å². The molecule has 1 aliphatic carbocycles. The van der Waals surface area contributed by atoms with Gasteiger partial charge < -0.3 is 15.1 Å². The van der Waals surface area contributed by atoms with Gasteiger partial charge in [-0.15, -0.1) is 0 Å². The Kier molecular flexibility index (Phi) is 8.20. The Labute approximate surface area is 239 Å². The molecule has 13 heteroatoms. The summed E-state index contributed by atoms with van der Waals surface area (Å²) in [6.45, 7) is 1.05. The van der Waals surface area contributed by atoms with Crippen molar-refractivity contribution < 1.29 is 36.7 Å². The molecule has 2 aliphatic heterocycles. The molecule has 5 rings (SSSR count). The van der Waals surface area contributed by atoms with Crippen molar-refractivity contribution in [3.8, 4) is 0 Å². The molecular formula is C29H31F4N5O4. The van der Waals surface area contributed by atoms with E-state index in [1.165, 1.54) is 17.0 Å². The second-order valence-corrected chi connectivity index (χ2v) is 10.9. The number of halogens is 4. The van der Waals surface area contributed by atoms with E-state index in [9.17, 15) is 32.3 Å². The smallest absolute Gasteiger partial charge is 0.327 e. The number of carbonyl (C=O) groups excluding carboxylic acids is 4. The van der Waals surface area contributed by atoms with Crippen molar-refractivity contribution in [2.75, 3.05) is 26.2 Å². The van der Waals surface area contributed by atoms with Crippen molar-refractivity contribution in [3.05, 3.63) is 65.2 Å². The molecule has 1 aromatic heterocycles. The molecule has 0 radical (unpaired) electrons. The van der Waals surface area contributed by atoms with E-state index in [0.29, 0.717) is 5.56 Å². The van der Waals surface area contributed by atoms with Crippen molar-refractivity contribution >= 4 is 23.8 Å². The van der Waals surface area contributed by atoms with Gasteiger partial charge in [-0.25, -0.2) is 22.9 Å². The average molecular weight is 590 g/mol. The van der Waals surface area contributed by atoms with E-state index in [4.69, 9.17) is 0 Å². The summed E-state index contributed by atoms with van der Waals surface area (Å²) >= 11 is 0. The molecule has 9 nitrogen and oxygen atoms in total. The van der Waals surface area contributed by atoms with Gasteiger partial charge >= 0.3 is 6.03 Å². The minimum absolute atomic E-state index is 0.0332. The number of hydrogen-bond donors (Lipinski definition) is 1. The lowest BCUT2D eigenvalue weighted by molar-refractivity contribution is -0.140. The first-order chi connectivity index (χ1) is 20.0. The molecule has 0 spiro atoms. The zero-order valence-electron chi connectivity index (χ0n) is 22.9. The fraction of sp³-hybridized carbons (Fsp3) is 0.483. The number of imide groups is 1. The largest absolute Gasteiger partial charge is 0.342 e. The minimum Gasteiger partial charge on any atom is -0.342 e. The number of hydrogen-bond acceptors (Lipinski definition) is 5. The molecule has 5 amide bonds. The summed E-state index contributed by atoms with van der Waals surface area (Å²) in [6.07, 6.45) is -2.64. The Bertz CT molecular complexity index is 1370. The summed E-state index contributed by atoms with van der Waals surface area (Å²) < 4.78 is 56.3. The molecule has 2 aromatic rings. The summed E-state index contributed by atoms with van der Waals surface area (Å²) in [6, 6.07) is 8.58. The highest BCUT2D eigenvalue weighted by molar-refractivity contribution is 5.98. The first-order valence-electron chi connectivity index (χ1n) is 13.9. The van der Waals surface area contributed by atoms with Crippen molar-refractivity contribution in [2.45, 2.75) is 62.7 Å². The van der Waals surface area contributed by atoms with Gasteiger partial charge in [0.15, 0.2) is 0 Å². The molecular weight excluding hydrogens is 558 g/mol. The Morgan fingerprint density at radius 3 is 2.48 bits per heavy atom. The Morgan fingerprint density at radius 2 is 1.83 bits per heavy atom. The van der Waals surface area contributed by atoms with Gasteiger partial charge in [0, 0.05) is 44.3 Å². The summed E-state index contributed by atoms with van der Waals surface area (Å²) in [5.41, 5.74) is 0.723. The van der Waals surface area contributed by atoms with Gasteiger partial charge in [-0.2, -0.15) is 4.39 Å². The molecule has 1 saturated carbocycles. The van der Waals surface area contributed by atoms with Gasteiger partial charge in [0.25, 0.3) is 0 Å². The second kappa shape index (κ2) is 11.7. The summed E-state index contributed by atoms with van der Waals surface area (Å²) in [4.78, 5) is 58.7. The number of likely N-dealkylation sites (tertiary alicyclic amines) is 1. The van der Waals surface area contributed by atoms with E-state index in [1.807, 2.05) is 0 Å². The number of rotatable bonds is 8. The lowest BCUT2D eigenvalue weighted by Crippen LogP contribution is -2.56. The third-order valence-electron chi connectivity index (χ3n) is 8.06. The standard InChI is InChI=1S/C29H31F4N5O4/c1-2-37-23(39)10-11-36(28(37)42)16-24(40)38-15-19(30)12-22(38)27(41)35-25(17-6-4-3-5-7-17)21-9-8-20(26(31)34-21)18-13-29(32,33)14-18/h3-9,18-19,22,25H,2,10-16H2,1H3,(H,35,41)/t19-,22+,25+/m1/s1. The van der Waals surface area contributed by atoms with Crippen LogP contribution in [0.5, 0.6) is 0 Å². The number of benzene rings is 1. The van der Waals surface area contributed by atoms with Gasteiger partial charge in [-0.1, -0.05) is 36.4 Å². The van der Waals surface area contributed by atoms with E-state index in [0.717, 1.165) is 9.80 Å². The van der Waals surface area contributed by atoms with Crippen LogP contribution < -0.4 is 5.32 Å². The first kappa shape index (κ1) is 29.5. The fourth-order valence-electron chi connectivity index (χ4n) is 5.78. The predicted octanol–water partition coefficient (Wildman–Crippen LogP) is 3.55. The van der Waals surface area contributed by atoms with Crippen LogP contribution in [0, 0.1) is 5.95 Å². The topological polar surface area (TPSA) is 103 Å². The van der Waals surface area contributed by atoms with Crippen LogP contribution in [0.2, 0.25) is 0 Å². The third kappa shape index (κ3) is 5.95. The van der Waals surface area contributed by atoms with E-state index in [1.54, 1.807) is 37.3 Å². The molecule has 0 bridgehead atoms. The van der Waals surface area contributed by atoms with Crippen molar-refractivity contribution in [1.29, 1.82) is 0 Å². The fourth-order valence-corrected chi connectivity index (χ4v) is 5.78. The lowest BCUT2D eigenvalue weighted by atomic mass is 9.77. The second-order valence-electron chi connectivity index (χ2n) is 10.9. The van der Waals surface area contributed by atoms with Gasteiger partial charge in [0.05, 0.1) is 18.3 Å². The zero-order chi connectivity index (χ0) is 30.2. The molecule has 0 unspecified atom stereocenters. The van der Waals surface area contributed by atoms with Crippen molar-refractivity contribution in [1.82, 2.24) is 25.0 Å². The maximum atomic E-state index is 15.0. The summed E-state index contributed by atoms with van der Waals surface area (Å²) in [5.74, 6) is -6.07. The number of amides is 5. The van der Waals surface area contributed by atoms with Crippen LogP contribution in [0.1, 0.15) is 61.4 Å². The molecule has 42 heavy (non-hydrogen) atoms. The molecule has 3 aliphatic rings. The monoisotopic (exact) mass is 589 g/mol. The highest BCUT2D eigenvalue weighted by atomic mass is 19.3. The molecule has 1 aromatic carbocycles. The number of nitrogens with one attached hydrogen (secondary N) is 1. The predicted molar refractivity (Wildman–Crippen MR) is 142 cm³/mol. The minimum atomic E-state index is -2.83. The van der Waals surface area contributed by atoms with Gasteiger partial charge in [-0.05, 0) is 24.5 Å². The van der Waals surface area contributed by atoms with Gasteiger partial charge in [0.2, 0.25) is 29.6 Å². The van der Waals surface area contributed by atoms with Crippen LogP contribution >= 0.6 is 0 Å². The van der Waals surface area contributed by atoms with E-state index in [-0.39, 0.29) is 49.6 Å². The van der Waals surface area contributed by atoms with E-state index >= 15 is 4.39 Å². The Balaban J connectivity index is 1.33. The summed E-state index contributed by atoms with van der Waals surface area (Å²) in [5, 5.41) is 2.77. The molecule has 3 fully saturated rings. The average Bonchev–Trinajstić information content (AvgIpc) is 3.34. The zero-order valence-corrected chi connectivity index (χ0v) is 22.9. The van der Waals surface area contributed by atoms with E-state index < -0.39 is 73.3 Å². The van der Waals surface area contributed by atoms with Crippen LogP contribution in [0.25, 0.3) is 0 Å². The highest BCUT2D eigenvalue weighted by Gasteiger charge is 2.47. The maximum Gasteiger partial charge on any atom is 0.327 e. The highest BCUT2D eigenvalue weighted by Crippen LogP contribution is 2.48. The SMILES string of the molecule is CCN1C(=O)CCN(CC(=O)N2C[C@H](F)C[C@H]2C(=O)N[C@@H](c2ccccc2)c2ccc(C3CC(F)(F)C3)c(F)n2)C1=O. The number of alkyl halides is 3. The molecule has 2 saturated heterocycles. The quantitative estimate of drug-likeness (QED) is 0.375. The van der Waals surface area contributed by atoms with Crippen LogP contribution in [0.15, 0.2) is 42.5 Å². The number of nitrogens with zero attached hydrogens (tertiary/aromatic N) is 4. The van der Waals surface area contributed by atoms with Crippen LogP contribution in [-0.4, -0.2) is 87.8 Å². The Morgan fingerprint density at radius 1 is 1.12 bits per heavy atom. The summed E-state index contributed by atoms with van der Waals surface area (Å²) in [7, 11) is 0. The van der Waals surface area contributed by atoms with Gasteiger partial charge in [-0.3, -0.25) is 19.3 Å². The third-order valence-corrected chi connectivity index (χ3v) is 8.06. The number of urea groups is 1. The molecule has 224 valence electrons.